The molecule has 2 N–H and O–H groups in total. The largest absolute Gasteiger partial charge is 0.330 e. The van der Waals surface area contributed by atoms with Gasteiger partial charge in [0.1, 0.15) is 0 Å². The maximum absolute atomic E-state index is 6.00. The monoisotopic (exact) mass is 280 g/mol. The van der Waals surface area contributed by atoms with E-state index in [-0.39, 0.29) is 0 Å². The summed E-state index contributed by atoms with van der Waals surface area (Å²) in [6.07, 6.45) is 1.12. The van der Waals surface area contributed by atoms with Crippen LogP contribution in [0.2, 0.25) is 0 Å². The van der Waals surface area contributed by atoms with E-state index in [0.29, 0.717) is 11.8 Å². The normalized spacial score (nSPS) is 22.5. The SMILES string of the molecule is NC[C@@H]1CN(CCc2ccccc2)C[C@H]1c1ccccc1. The Morgan fingerprint density at radius 1 is 0.905 bits per heavy atom. The van der Waals surface area contributed by atoms with Crippen LogP contribution >= 0.6 is 0 Å². The third kappa shape index (κ3) is 3.52. The zero-order valence-electron chi connectivity index (χ0n) is 12.5. The molecule has 110 valence electrons. The molecule has 0 amide bonds. The fraction of sp³-hybridized carbons (Fsp3) is 0.368. The fourth-order valence-corrected chi connectivity index (χ4v) is 3.39. The third-order valence-corrected chi connectivity index (χ3v) is 4.61. The second kappa shape index (κ2) is 6.88. The first-order chi connectivity index (χ1) is 10.4. The van der Waals surface area contributed by atoms with E-state index in [1.807, 2.05) is 0 Å². The van der Waals surface area contributed by atoms with Crippen LogP contribution in [0.1, 0.15) is 17.0 Å². The van der Waals surface area contributed by atoms with Crippen molar-refractivity contribution in [2.75, 3.05) is 26.2 Å². The molecule has 2 aromatic rings. The summed E-state index contributed by atoms with van der Waals surface area (Å²) in [5.41, 5.74) is 8.87. The van der Waals surface area contributed by atoms with E-state index in [0.717, 1.165) is 32.6 Å². The average molecular weight is 280 g/mol. The number of likely N-dealkylation sites (tertiary alicyclic amines) is 1. The Kier molecular flexibility index (Phi) is 4.69. The van der Waals surface area contributed by atoms with E-state index in [2.05, 4.69) is 65.6 Å². The highest BCUT2D eigenvalue weighted by Gasteiger charge is 2.32. The molecule has 2 nitrogen and oxygen atoms in total. The van der Waals surface area contributed by atoms with Crippen LogP contribution in [0.25, 0.3) is 0 Å². The quantitative estimate of drug-likeness (QED) is 0.912. The minimum atomic E-state index is 0.586. The maximum atomic E-state index is 6.00. The van der Waals surface area contributed by atoms with Crippen LogP contribution in [0.15, 0.2) is 60.7 Å². The van der Waals surface area contributed by atoms with Crippen molar-refractivity contribution in [3.63, 3.8) is 0 Å². The van der Waals surface area contributed by atoms with E-state index < -0.39 is 0 Å². The summed E-state index contributed by atoms with van der Waals surface area (Å²) >= 11 is 0. The Hall–Kier alpha value is -1.64. The second-order valence-corrected chi connectivity index (χ2v) is 6.01. The molecule has 0 saturated carbocycles. The van der Waals surface area contributed by atoms with E-state index in [4.69, 9.17) is 5.73 Å². The smallest absolute Gasteiger partial charge is 0.00542 e. The van der Waals surface area contributed by atoms with Gasteiger partial charge in [0.05, 0.1) is 0 Å². The minimum absolute atomic E-state index is 0.586. The van der Waals surface area contributed by atoms with Gasteiger partial charge >= 0.3 is 0 Å². The van der Waals surface area contributed by atoms with Crippen LogP contribution in [-0.2, 0) is 6.42 Å². The molecule has 0 radical (unpaired) electrons. The first kappa shape index (κ1) is 14.3. The van der Waals surface area contributed by atoms with Crippen molar-refractivity contribution < 1.29 is 0 Å². The molecule has 1 saturated heterocycles. The van der Waals surface area contributed by atoms with Crippen molar-refractivity contribution in [1.82, 2.24) is 4.90 Å². The zero-order chi connectivity index (χ0) is 14.5. The molecular weight excluding hydrogens is 256 g/mol. The van der Waals surface area contributed by atoms with Crippen molar-refractivity contribution in [3.8, 4) is 0 Å². The number of benzene rings is 2. The molecule has 0 spiro atoms. The minimum Gasteiger partial charge on any atom is -0.330 e. The summed E-state index contributed by atoms with van der Waals surface area (Å²) < 4.78 is 0. The molecule has 21 heavy (non-hydrogen) atoms. The van der Waals surface area contributed by atoms with Gasteiger partial charge in [-0.15, -0.1) is 0 Å². The highest BCUT2D eigenvalue weighted by molar-refractivity contribution is 5.23. The number of nitrogens with two attached hydrogens (primary N) is 1. The standard InChI is InChI=1S/C19H24N2/c20-13-18-14-21(12-11-16-7-3-1-4-8-16)15-19(18)17-9-5-2-6-10-17/h1-10,18-19H,11-15,20H2/t18-,19+/m1/s1. The molecular formula is C19H24N2. The summed E-state index contributed by atoms with van der Waals surface area (Å²) in [4.78, 5) is 2.57. The lowest BCUT2D eigenvalue weighted by molar-refractivity contribution is 0.329. The molecule has 0 aliphatic carbocycles. The molecule has 3 rings (SSSR count). The van der Waals surface area contributed by atoms with Gasteiger partial charge in [0.15, 0.2) is 0 Å². The lowest BCUT2D eigenvalue weighted by Gasteiger charge is -2.16. The van der Waals surface area contributed by atoms with E-state index in [9.17, 15) is 0 Å². The van der Waals surface area contributed by atoms with Gasteiger partial charge < -0.3 is 10.6 Å². The number of rotatable bonds is 5. The maximum Gasteiger partial charge on any atom is 0.00542 e. The van der Waals surface area contributed by atoms with Crippen molar-refractivity contribution in [1.29, 1.82) is 0 Å². The summed E-state index contributed by atoms with van der Waals surface area (Å²) in [5.74, 6) is 1.18. The van der Waals surface area contributed by atoms with Crippen molar-refractivity contribution in [2.24, 2.45) is 11.7 Å². The van der Waals surface area contributed by atoms with Crippen LogP contribution in [-0.4, -0.2) is 31.1 Å². The Bertz CT molecular complexity index is 538. The Balaban J connectivity index is 1.62. The van der Waals surface area contributed by atoms with Gasteiger partial charge in [-0.25, -0.2) is 0 Å². The third-order valence-electron chi connectivity index (χ3n) is 4.61. The second-order valence-electron chi connectivity index (χ2n) is 6.01. The topological polar surface area (TPSA) is 29.3 Å². The van der Waals surface area contributed by atoms with Crippen LogP contribution in [0.4, 0.5) is 0 Å². The molecule has 1 aliphatic heterocycles. The van der Waals surface area contributed by atoms with E-state index in [1.165, 1.54) is 11.1 Å². The Labute approximate surface area is 127 Å². The van der Waals surface area contributed by atoms with Crippen molar-refractivity contribution in [3.05, 3.63) is 71.8 Å². The Morgan fingerprint density at radius 2 is 1.57 bits per heavy atom. The van der Waals surface area contributed by atoms with Gasteiger partial charge in [-0.1, -0.05) is 60.7 Å². The van der Waals surface area contributed by atoms with Gasteiger partial charge in [0.2, 0.25) is 0 Å². The number of hydrogen-bond acceptors (Lipinski definition) is 2. The molecule has 1 heterocycles. The van der Waals surface area contributed by atoms with Crippen LogP contribution in [0.3, 0.4) is 0 Å². The molecule has 0 bridgehead atoms. The molecule has 0 unspecified atom stereocenters. The summed E-state index contributed by atoms with van der Waals surface area (Å²) in [6, 6.07) is 21.6. The van der Waals surface area contributed by atoms with Crippen LogP contribution in [0.5, 0.6) is 0 Å². The predicted octanol–water partition coefficient (Wildman–Crippen LogP) is 2.90. The molecule has 2 atom stereocenters. The molecule has 2 heteroatoms. The lowest BCUT2D eigenvalue weighted by Crippen LogP contribution is -2.25. The van der Waals surface area contributed by atoms with Gasteiger partial charge in [-0.05, 0) is 30.0 Å². The number of nitrogens with zero attached hydrogens (tertiary/aromatic N) is 1. The van der Waals surface area contributed by atoms with Gasteiger partial charge in [-0.3, -0.25) is 0 Å². The zero-order valence-corrected chi connectivity index (χ0v) is 12.5. The number of hydrogen-bond donors (Lipinski definition) is 1. The highest BCUT2D eigenvalue weighted by atomic mass is 15.2. The predicted molar refractivity (Wildman–Crippen MR) is 88.3 cm³/mol. The van der Waals surface area contributed by atoms with Crippen molar-refractivity contribution >= 4 is 0 Å². The van der Waals surface area contributed by atoms with E-state index in [1.54, 1.807) is 0 Å². The van der Waals surface area contributed by atoms with Gasteiger partial charge in [0.25, 0.3) is 0 Å². The summed E-state index contributed by atoms with van der Waals surface area (Å²) in [6.45, 7) is 4.17. The molecule has 1 aliphatic rings. The van der Waals surface area contributed by atoms with Gasteiger partial charge in [0, 0.05) is 25.6 Å². The fourth-order valence-electron chi connectivity index (χ4n) is 3.39. The molecule has 2 aromatic carbocycles. The molecule has 1 fully saturated rings. The summed E-state index contributed by atoms with van der Waals surface area (Å²) in [5, 5.41) is 0. The lowest BCUT2D eigenvalue weighted by atomic mass is 9.89. The van der Waals surface area contributed by atoms with Crippen molar-refractivity contribution in [2.45, 2.75) is 12.3 Å². The highest BCUT2D eigenvalue weighted by Crippen LogP contribution is 2.31. The first-order valence-corrected chi connectivity index (χ1v) is 7.88. The summed E-state index contributed by atoms with van der Waals surface area (Å²) in [7, 11) is 0. The van der Waals surface area contributed by atoms with Crippen LogP contribution < -0.4 is 5.73 Å². The van der Waals surface area contributed by atoms with E-state index >= 15 is 0 Å². The van der Waals surface area contributed by atoms with Crippen LogP contribution in [0, 0.1) is 5.92 Å². The molecule has 0 aromatic heterocycles. The Morgan fingerprint density at radius 3 is 2.24 bits per heavy atom. The van der Waals surface area contributed by atoms with Gasteiger partial charge in [-0.2, -0.15) is 0 Å². The first-order valence-electron chi connectivity index (χ1n) is 7.88. The average Bonchev–Trinajstić information content (AvgIpc) is 2.98.